The number of hydrogen-bond acceptors (Lipinski definition) is 2. The molecule has 0 fully saturated rings. The molecule has 1 aliphatic carbocycles. The molecule has 14 heavy (non-hydrogen) atoms. The lowest BCUT2D eigenvalue weighted by Gasteiger charge is -2.17. The lowest BCUT2D eigenvalue weighted by Crippen LogP contribution is -2.05. The molecule has 2 N–H and O–H groups in total. The number of hydrogen-bond donors (Lipinski definition) is 1. The van der Waals surface area contributed by atoms with E-state index in [4.69, 9.17) is 5.73 Å². The Bertz CT molecular complexity index is 360. The molecule has 2 rings (SSSR count). The van der Waals surface area contributed by atoms with E-state index in [0.717, 1.165) is 22.3 Å². The third-order valence-corrected chi connectivity index (χ3v) is 2.96. The zero-order valence-corrected chi connectivity index (χ0v) is 9.50. The lowest BCUT2D eigenvalue weighted by molar-refractivity contribution is 0.643. The van der Waals surface area contributed by atoms with Crippen LogP contribution in [0.25, 0.3) is 0 Å². The number of rotatable bonds is 1. The van der Waals surface area contributed by atoms with E-state index >= 15 is 0 Å². The molecule has 1 aromatic rings. The molecule has 0 amide bonds. The summed E-state index contributed by atoms with van der Waals surface area (Å²) >= 11 is 3.36. The molecular weight excluding hydrogens is 240 g/mol. The number of aromatic nitrogens is 1. The van der Waals surface area contributed by atoms with Gasteiger partial charge in [-0.2, -0.15) is 0 Å². The van der Waals surface area contributed by atoms with E-state index in [0.29, 0.717) is 5.92 Å². The van der Waals surface area contributed by atoms with E-state index in [9.17, 15) is 0 Å². The van der Waals surface area contributed by atoms with E-state index in [1.807, 2.05) is 12.3 Å². The van der Waals surface area contributed by atoms with Gasteiger partial charge in [-0.15, -0.1) is 0 Å². The van der Waals surface area contributed by atoms with E-state index in [1.54, 1.807) is 0 Å². The lowest BCUT2D eigenvalue weighted by atomic mass is 9.92. The van der Waals surface area contributed by atoms with Crippen LogP contribution in [0.5, 0.6) is 0 Å². The highest BCUT2D eigenvalue weighted by Gasteiger charge is 2.14. The number of nitrogens with zero attached hydrogens (tertiary/aromatic N) is 1. The molecule has 1 aromatic heterocycles. The first-order chi connectivity index (χ1) is 6.77. The summed E-state index contributed by atoms with van der Waals surface area (Å²) in [6, 6.07) is 1.92. The van der Waals surface area contributed by atoms with Gasteiger partial charge in [0.1, 0.15) is 0 Å². The highest BCUT2D eigenvalue weighted by Crippen LogP contribution is 2.30. The van der Waals surface area contributed by atoms with Crippen LogP contribution in [-0.4, -0.2) is 4.98 Å². The van der Waals surface area contributed by atoms with Crippen LogP contribution in [0.4, 0.5) is 5.69 Å². The summed E-state index contributed by atoms with van der Waals surface area (Å²) in [5.41, 5.74) is 7.73. The standard InChI is InChI=1S/C11H13BrN2/c12-9-6-10(13)11(14-7-9)8-4-2-1-3-5-8/h2,4,6-8H,1,3,5,13H2. The van der Waals surface area contributed by atoms with Crippen molar-refractivity contribution in [1.82, 2.24) is 4.98 Å². The number of nitrogen functional groups attached to an aromatic ring is 1. The first-order valence-electron chi connectivity index (χ1n) is 4.85. The molecule has 74 valence electrons. The number of anilines is 1. The SMILES string of the molecule is Nc1cc(Br)cnc1C1C=CCCC1. The maximum Gasteiger partial charge on any atom is 0.0701 e. The Morgan fingerprint density at radius 1 is 1.50 bits per heavy atom. The second-order valence-electron chi connectivity index (χ2n) is 3.59. The van der Waals surface area contributed by atoms with Crippen molar-refractivity contribution >= 4 is 21.6 Å². The molecule has 1 heterocycles. The molecule has 0 spiro atoms. The number of halogens is 1. The number of nitrogens with two attached hydrogens (primary N) is 1. The van der Waals surface area contributed by atoms with Crippen LogP contribution in [0.2, 0.25) is 0 Å². The molecule has 1 unspecified atom stereocenters. The molecular formula is C11H13BrN2. The van der Waals surface area contributed by atoms with Crippen LogP contribution in [0.1, 0.15) is 30.9 Å². The van der Waals surface area contributed by atoms with Crippen LogP contribution < -0.4 is 5.73 Å². The number of allylic oxidation sites excluding steroid dienone is 2. The molecule has 2 nitrogen and oxygen atoms in total. The van der Waals surface area contributed by atoms with Crippen molar-refractivity contribution in [2.24, 2.45) is 0 Å². The molecule has 0 bridgehead atoms. The predicted molar refractivity (Wildman–Crippen MR) is 62.1 cm³/mol. The fourth-order valence-electron chi connectivity index (χ4n) is 1.82. The third kappa shape index (κ3) is 1.98. The molecule has 0 saturated heterocycles. The summed E-state index contributed by atoms with van der Waals surface area (Å²) in [6.07, 6.45) is 9.84. The van der Waals surface area contributed by atoms with Gasteiger partial charge in [0.2, 0.25) is 0 Å². The van der Waals surface area contributed by atoms with Gasteiger partial charge >= 0.3 is 0 Å². The van der Waals surface area contributed by atoms with Crippen molar-refractivity contribution in [3.8, 4) is 0 Å². The average molecular weight is 253 g/mol. The second kappa shape index (κ2) is 4.13. The van der Waals surface area contributed by atoms with Gasteiger partial charge in [0.05, 0.1) is 11.4 Å². The summed E-state index contributed by atoms with van der Waals surface area (Å²) in [5.74, 6) is 0.414. The summed E-state index contributed by atoms with van der Waals surface area (Å²) in [7, 11) is 0. The zero-order valence-electron chi connectivity index (χ0n) is 7.91. The largest absolute Gasteiger partial charge is 0.397 e. The Balaban J connectivity index is 2.31. The topological polar surface area (TPSA) is 38.9 Å². The Morgan fingerprint density at radius 2 is 2.36 bits per heavy atom. The van der Waals surface area contributed by atoms with Crippen molar-refractivity contribution in [2.75, 3.05) is 5.73 Å². The predicted octanol–water partition coefficient (Wildman–Crippen LogP) is 3.25. The van der Waals surface area contributed by atoms with E-state index in [2.05, 4.69) is 33.1 Å². The molecule has 0 aromatic carbocycles. The van der Waals surface area contributed by atoms with Gasteiger partial charge in [0.25, 0.3) is 0 Å². The maximum absolute atomic E-state index is 5.93. The van der Waals surface area contributed by atoms with Crippen LogP contribution in [0.3, 0.4) is 0 Å². The fraction of sp³-hybridized carbons (Fsp3) is 0.364. The highest BCUT2D eigenvalue weighted by atomic mass is 79.9. The van der Waals surface area contributed by atoms with E-state index in [1.165, 1.54) is 12.8 Å². The van der Waals surface area contributed by atoms with Crippen molar-refractivity contribution in [2.45, 2.75) is 25.2 Å². The Morgan fingerprint density at radius 3 is 3.00 bits per heavy atom. The highest BCUT2D eigenvalue weighted by molar-refractivity contribution is 9.10. The van der Waals surface area contributed by atoms with Gasteiger partial charge in [-0.3, -0.25) is 4.98 Å². The first-order valence-corrected chi connectivity index (χ1v) is 5.64. The minimum atomic E-state index is 0.414. The molecule has 3 heteroatoms. The van der Waals surface area contributed by atoms with E-state index < -0.39 is 0 Å². The Hall–Kier alpha value is -0.830. The summed E-state index contributed by atoms with van der Waals surface area (Å²) in [4.78, 5) is 4.38. The molecule has 0 saturated carbocycles. The summed E-state index contributed by atoms with van der Waals surface area (Å²) in [6.45, 7) is 0. The Labute approximate surface area is 92.4 Å². The summed E-state index contributed by atoms with van der Waals surface area (Å²) < 4.78 is 0.943. The van der Waals surface area contributed by atoms with Gasteiger partial charge in [-0.25, -0.2) is 0 Å². The van der Waals surface area contributed by atoms with Gasteiger partial charge in [0, 0.05) is 16.6 Å². The van der Waals surface area contributed by atoms with Crippen molar-refractivity contribution in [3.05, 3.63) is 34.6 Å². The van der Waals surface area contributed by atoms with Crippen molar-refractivity contribution in [3.63, 3.8) is 0 Å². The maximum atomic E-state index is 5.93. The quantitative estimate of drug-likeness (QED) is 0.780. The number of pyridine rings is 1. The minimum absolute atomic E-state index is 0.414. The average Bonchev–Trinajstić information content (AvgIpc) is 2.19. The molecule has 1 atom stereocenters. The molecule has 0 radical (unpaired) electrons. The van der Waals surface area contributed by atoms with Crippen LogP contribution in [0.15, 0.2) is 28.9 Å². The Kier molecular flexibility index (Phi) is 2.87. The van der Waals surface area contributed by atoms with Gasteiger partial charge in [0.15, 0.2) is 0 Å². The van der Waals surface area contributed by atoms with Crippen molar-refractivity contribution < 1.29 is 0 Å². The van der Waals surface area contributed by atoms with Crippen molar-refractivity contribution in [1.29, 1.82) is 0 Å². The monoisotopic (exact) mass is 252 g/mol. The van der Waals surface area contributed by atoms with Crippen LogP contribution in [-0.2, 0) is 0 Å². The van der Waals surface area contributed by atoms with Crippen LogP contribution >= 0.6 is 15.9 Å². The minimum Gasteiger partial charge on any atom is -0.397 e. The smallest absolute Gasteiger partial charge is 0.0701 e. The zero-order chi connectivity index (χ0) is 9.97. The van der Waals surface area contributed by atoms with Crippen LogP contribution in [0, 0.1) is 0 Å². The third-order valence-electron chi connectivity index (χ3n) is 2.52. The van der Waals surface area contributed by atoms with Gasteiger partial charge in [-0.1, -0.05) is 12.2 Å². The molecule has 1 aliphatic rings. The van der Waals surface area contributed by atoms with E-state index in [-0.39, 0.29) is 0 Å². The first kappa shape index (κ1) is 9.71. The normalized spacial score (nSPS) is 21.1. The second-order valence-corrected chi connectivity index (χ2v) is 4.51. The summed E-state index contributed by atoms with van der Waals surface area (Å²) in [5, 5.41) is 0. The van der Waals surface area contributed by atoms with Gasteiger partial charge < -0.3 is 5.73 Å². The molecule has 0 aliphatic heterocycles. The van der Waals surface area contributed by atoms with Gasteiger partial charge in [-0.05, 0) is 41.3 Å². The fourth-order valence-corrected chi connectivity index (χ4v) is 2.16.